The molecule has 0 aromatic heterocycles. The molecule has 0 atom stereocenters. The van der Waals surface area contributed by atoms with E-state index < -0.39 is 0 Å². The second-order valence-corrected chi connectivity index (χ2v) is 7.18. The number of rotatable bonds is 6. The van der Waals surface area contributed by atoms with Gasteiger partial charge in [-0.05, 0) is 66.9 Å². The number of carbonyl (C=O) groups excluding carboxylic acids is 2. The number of hydrogen-bond acceptors (Lipinski definition) is 3. The summed E-state index contributed by atoms with van der Waals surface area (Å²) in [5, 5.41) is 2.96. The van der Waals surface area contributed by atoms with Crippen LogP contribution in [0.5, 0.6) is 5.75 Å². The van der Waals surface area contributed by atoms with E-state index in [2.05, 4.69) is 11.4 Å². The van der Waals surface area contributed by atoms with Gasteiger partial charge in [0.25, 0.3) is 11.8 Å². The maximum Gasteiger partial charge on any atom is 0.258 e. The molecule has 0 saturated heterocycles. The summed E-state index contributed by atoms with van der Waals surface area (Å²) in [7, 11) is 0. The van der Waals surface area contributed by atoms with Gasteiger partial charge in [-0.25, -0.2) is 0 Å². The monoisotopic (exact) mass is 400 g/mol. The standard InChI is InChI=1S/C25H24N2O3/c1-2-30-22-11-9-19(10-12-22)24(28)26-17-18-8-13-23-21(16-18)14-15-27(23)25(29)20-6-4-3-5-7-20/h3-13,16H,2,14-15,17H2,1H3,(H,26,28). The molecule has 1 heterocycles. The molecule has 0 unspecified atom stereocenters. The summed E-state index contributed by atoms with van der Waals surface area (Å²) in [6.07, 6.45) is 0.814. The van der Waals surface area contributed by atoms with Crippen LogP contribution in [0.25, 0.3) is 0 Å². The molecule has 0 aliphatic carbocycles. The average Bonchev–Trinajstić information content (AvgIpc) is 3.21. The number of fused-ring (bicyclic) bond motifs is 1. The molecule has 3 aromatic rings. The Balaban J connectivity index is 1.40. The maximum atomic E-state index is 12.8. The number of hydrogen-bond donors (Lipinski definition) is 1. The molecule has 1 aliphatic heterocycles. The van der Waals surface area contributed by atoms with Crippen LogP contribution in [0.4, 0.5) is 5.69 Å². The minimum Gasteiger partial charge on any atom is -0.494 e. The van der Waals surface area contributed by atoms with E-state index in [9.17, 15) is 9.59 Å². The van der Waals surface area contributed by atoms with Crippen LogP contribution in [0.3, 0.4) is 0 Å². The molecule has 0 radical (unpaired) electrons. The Kier molecular flexibility index (Phi) is 5.80. The zero-order chi connectivity index (χ0) is 20.9. The van der Waals surface area contributed by atoms with Gasteiger partial charge in [0, 0.05) is 29.9 Å². The van der Waals surface area contributed by atoms with Crippen molar-refractivity contribution < 1.29 is 14.3 Å². The molecule has 30 heavy (non-hydrogen) atoms. The molecule has 3 aromatic carbocycles. The Morgan fingerprint density at radius 1 is 0.967 bits per heavy atom. The predicted molar refractivity (Wildman–Crippen MR) is 117 cm³/mol. The second-order valence-electron chi connectivity index (χ2n) is 7.18. The van der Waals surface area contributed by atoms with E-state index >= 15 is 0 Å². The van der Waals surface area contributed by atoms with Crippen LogP contribution in [0, 0.1) is 0 Å². The van der Waals surface area contributed by atoms with Gasteiger partial charge in [-0.1, -0.05) is 30.3 Å². The van der Waals surface area contributed by atoms with E-state index in [0.717, 1.165) is 29.0 Å². The van der Waals surface area contributed by atoms with Crippen molar-refractivity contribution in [3.8, 4) is 5.75 Å². The Bertz CT molecular complexity index is 1050. The molecule has 4 rings (SSSR count). The summed E-state index contributed by atoms with van der Waals surface area (Å²) < 4.78 is 5.41. The Hall–Kier alpha value is -3.60. The number of benzene rings is 3. The van der Waals surface area contributed by atoms with Gasteiger partial charge in [-0.15, -0.1) is 0 Å². The SMILES string of the molecule is CCOc1ccc(C(=O)NCc2ccc3c(c2)CCN3C(=O)c2ccccc2)cc1. The molecule has 0 spiro atoms. The van der Waals surface area contributed by atoms with Crippen molar-refractivity contribution in [2.75, 3.05) is 18.1 Å². The third-order valence-electron chi connectivity index (χ3n) is 5.19. The number of amides is 2. The summed E-state index contributed by atoms with van der Waals surface area (Å²) in [6, 6.07) is 22.5. The third kappa shape index (κ3) is 4.20. The lowest BCUT2D eigenvalue weighted by Crippen LogP contribution is -2.28. The van der Waals surface area contributed by atoms with Gasteiger partial charge in [-0.3, -0.25) is 9.59 Å². The normalized spacial score (nSPS) is 12.4. The first kappa shape index (κ1) is 19.7. The van der Waals surface area contributed by atoms with Crippen LogP contribution in [0.15, 0.2) is 72.8 Å². The zero-order valence-electron chi connectivity index (χ0n) is 16.9. The summed E-state index contributed by atoms with van der Waals surface area (Å²) in [6.45, 7) is 3.63. The van der Waals surface area contributed by atoms with E-state index in [1.54, 1.807) is 24.3 Å². The maximum absolute atomic E-state index is 12.8. The topological polar surface area (TPSA) is 58.6 Å². The van der Waals surface area contributed by atoms with E-state index in [0.29, 0.717) is 30.8 Å². The zero-order valence-corrected chi connectivity index (χ0v) is 16.9. The Morgan fingerprint density at radius 3 is 2.47 bits per heavy atom. The molecular formula is C25H24N2O3. The Morgan fingerprint density at radius 2 is 1.73 bits per heavy atom. The van der Waals surface area contributed by atoms with Crippen LogP contribution in [0.1, 0.15) is 38.8 Å². The van der Waals surface area contributed by atoms with Crippen molar-refractivity contribution in [3.63, 3.8) is 0 Å². The molecular weight excluding hydrogens is 376 g/mol. The van der Waals surface area contributed by atoms with Gasteiger partial charge in [0.15, 0.2) is 0 Å². The molecule has 1 aliphatic rings. The molecule has 5 heteroatoms. The highest BCUT2D eigenvalue weighted by atomic mass is 16.5. The first-order valence-electron chi connectivity index (χ1n) is 10.2. The molecule has 0 bridgehead atoms. The van der Waals surface area contributed by atoms with Gasteiger partial charge in [0.2, 0.25) is 0 Å². The largest absolute Gasteiger partial charge is 0.494 e. The van der Waals surface area contributed by atoms with Crippen molar-refractivity contribution in [1.29, 1.82) is 0 Å². The van der Waals surface area contributed by atoms with Crippen LogP contribution in [-0.2, 0) is 13.0 Å². The number of ether oxygens (including phenoxy) is 1. The van der Waals surface area contributed by atoms with E-state index in [1.807, 2.05) is 54.3 Å². The summed E-state index contributed by atoms with van der Waals surface area (Å²) in [4.78, 5) is 27.0. The van der Waals surface area contributed by atoms with Crippen molar-refractivity contribution in [1.82, 2.24) is 5.32 Å². The van der Waals surface area contributed by atoms with Gasteiger partial charge in [0.05, 0.1) is 6.61 Å². The van der Waals surface area contributed by atoms with E-state index in [4.69, 9.17) is 4.74 Å². The molecule has 1 N–H and O–H groups in total. The highest BCUT2D eigenvalue weighted by molar-refractivity contribution is 6.07. The minimum atomic E-state index is -0.126. The molecule has 5 nitrogen and oxygen atoms in total. The summed E-state index contributed by atoms with van der Waals surface area (Å²) in [5.41, 5.74) is 4.39. The average molecular weight is 400 g/mol. The summed E-state index contributed by atoms with van der Waals surface area (Å²) in [5.74, 6) is 0.646. The third-order valence-corrected chi connectivity index (χ3v) is 5.19. The van der Waals surface area contributed by atoms with Crippen LogP contribution in [-0.4, -0.2) is 25.0 Å². The molecule has 0 fully saturated rings. The smallest absolute Gasteiger partial charge is 0.258 e. The molecule has 152 valence electrons. The van der Waals surface area contributed by atoms with Gasteiger partial charge < -0.3 is 15.0 Å². The predicted octanol–water partition coefficient (Wildman–Crippen LogP) is 4.22. The first-order valence-corrected chi connectivity index (χ1v) is 10.2. The minimum absolute atomic E-state index is 0.0194. The van der Waals surface area contributed by atoms with E-state index in [1.165, 1.54) is 0 Å². The Labute approximate surface area is 176 Å². The highest BCUT2D eigenvalue weighted by Crippen LogP contribution is 2.30. The number of carbonyl (C=O) groups is 2. The quantitative estimate of drug-likeness (QED) is 0.674. The first-order chi connectivity index (χ1) is 14.7. The fourth-order valence-corrected chi connectivity index (χ4v) is 3.67. The van der Waals surface area contributed by atoms with Crippen molar-refractivity contribution in [2.45, 2.75) is 19.9 Å². The second kappa shape index (κ2) is 8.82. The summed E-state index contributed by atoms with van der Waals surface area (Å²) >= 11 is 0. The fraction of sp³-hybridized carbons (Fsp3) is 0.200. The van der Waals surface area contributed by atoms with Gasteiger partial charge >= 0.3 is 0 Å². The van der Waals surface area contributed by atoms with Crippen LogP contribution < -0.4 is 15.0 Å². The van der Waals surface area contributed by atoms with Crippen LogP contribution in [0.2, 0.25) is 0 Å². The van der Waals surface area contributed by atoms with Gasteiger partial charge in [-0.2, -0.15) is 0 Å². The van der Waals surface area contributed by atoms with Crippen molar-refractivity contribution in [2.24, 2.45) is 0 Å². The number of nitrogens with zero attached hydrogens (tertiary/aromatic N) is 1. The fourth-order valence-electron chi connectivity index (χ4n) is 3.67. The lowest BCUT2D eigenvalue weighted by molar-refractivity contribution is 0.0949. The number of anilines is 1. The van der Waals surface area contributed by atoms with Gasteiger partial charge in [0.1, 0.15) is 5.75 Å². The van der Waals surface area contributed by atoms with E-state index in [-0.39, 0.29) is 11.8 Å². The highest BCUT2D eigenvalue weighted by Gasteiger charge is 2.25. The lowest BCUT2D eigenvalue weighted by atomic mass is 10.1. The number of nitrogens with one attached hydrogen (secondary N) is 1. The molecule has 0 saturated carbocycles. The van der Waals surface area contributed by atoms with Crippen molar-refractivity contribution in [3.05, 3.63) is 95.1 Å². The van der Waals surface area contributed by atoms with Crippen LogP contribution >= 0.6 is 0 Å². The van der Waals surface area contributed by atoms with Crippen molar-refractivity contribution >= 4 is 17.5 Å². The lowest BCUT2D eigenvalue weighted by Gasteiger charge is -2.17. The molecule has 2 amide bonds.